The number of benzene rings is 3. The molecule has 0 bridgehead atoms. The highest BCUT2D eigenvalue weighted by atomic mass is 32.2. The largest absolute Gasteiger partial charge is 0.322 e. The molecule has 4 rings (SSSR count). The van der Waals surface area contributed by atoms with Gasteiger partial charge in [-0.25, -0.2) is 0 Å². The lowest BCUT2D eigenvalue weighted by Gasteiger charge is -2.27. The topological polar surface area (TPSA) is 49.4 Å². The summed E-state index contributed by atoms with van der Waals surface area (Å²) in [6.45, 7) is 4.08. The van der Waals surface area contributed by atoms with E-state index in [9.17, 15) is 9.59 Å². The molecule has 5 heteroatoms. The lowest BCUT2D eigenvalue weighted by molar-refractivity contribution is -0.115. The number of hydrogen-bond acceptors (Lipinski definition) is 3. The fourth-order valence-electron chi connectivity index (χ4n) is 3.95. The van der Waals surface area contributed by atoms with Crippen molar-refractivity contribution < 1.29 is 9.59 Å². The van der Waals surface area contributed by atoms with E-state index in [1.165, 1.54) is 5.56 Å². The Balaban J connectivity index is 1.62. The molecular weight excluding hydrogens is 404 g/mol. The van der Waals surface area contributed by atoms with Gasteiger partial charge in [0.25, 0.3) is 5.91 Å². The van der Waals surface area contributed by atoms with Crippen molar-refractivity contribution in [3.8, 4) is 0 Å². The normalized spacial score (nSPS) is 15.9. The molecule has 1 saturated heterocycles. The molecule has 3 aromatic carbocycles. The maximum absolute atomic E-state index is 12.8. The van der Waals surface area contributed by atoms with Crippen LogP contribution in [0, 0.1) is 6.92 Å². The van der Waals surface area contributed by atoms with Gasteiger partial charge >= 0.3 is 0 Å². The van der Waals surface area contributed by atoms with E-state index in [0.717, 1.165) is 35.3 Å². The number of anilines is 2. The van der Waals surface area contributed by atoms with Crippen LogP contribution in [0.2, 0.25) is 0 Å². The maximum Gasteiger partial charge on any atom is 0.255 e. The zero-order valence-electron chi connectivity index (χ0n) is 17.8. The molecule has 0 spiro atoms. The van der Waals surface area contributed by atoms with Crippen molar-refractivity contribution in [1.82, 2.24) is 0 Å². The van der Waals surface area contributed by atoms with Crippen molar-refractivity contribution in [3.05, 3.63) is 95.1 Å². The van der Waals surface area contributed by atoms with Gasteiger partial charge in [-0.1, -0.05) is 61.9 Å². The van der Waals surface area contributed by atoms with Crippen LogP contribution in [0.4, 0.5) is 11.4 Å². The monoisotopic (exact) mass is 430 g/mol. The van der Waals surface area contributed by atoms with Crippen molar-refractivity contribution in [2.45, 2.75) is 32.1 Å². The van der Waals surface area contributed by atoms with Gasteiger partial charge < -0.3 is 5.32 Å². The van der Waals surface area contributed by atoms with Gasteiger partial charge in [-0.2, -0.15) is 0 Å². The Hall–Kier alpha value is -3.05. The smallest absolute Gasteiger partial charge is 0.255 e. The highest BCUT2D eigenvalue weighted by Crippen LogP contribution is 2.43. The zero-order valence-corrected chi connectivity index (χ0v) is 18.6. The number of rotatable bonds is 6. The molecule has 1 fully saturated rings. The molecule has 158 valence electrons. The highest BCUT2D eigenvalue weighted by molar-refractivity contribution is 8.00. The second-order valence-electron chi connectivity index (χ2n) is 7.70. The highest BCUT2D eigenvalue weighted by Gasteiger charge is 2.35. The van der Waals surface area contributed by atoms with Crippen LogP contribution in [0.3, 0.4) is 0 Å². The van der Waals surface area contributed by atoms with Gasteiger partial charge in [0.15, 0.2) is 0 Å². The SMILES string of the molecule is CCCc1ccccc1N1C(=O)CS[C@H]1c1cccc(NC(=O)c2ccccc2C)c1. The van der Waals surface area contributed by atoms with Gasteiger partial charge in [-0.3, -0.25) is 14.5 Å². The number of aryl methyl sites for hydroxylation is 2. The molecule has 31 heavy (non-hydrogen) atoms. The quantitative estimate of drug-likeness (QED) is 0.523. The van der Waals surface area contributed by atoms with Crippen LogP contribution in [0.1, 0.15) is 45.8 Å². The van der Waals surface area contributed by atoms with Crippen LogP contribution in [0.25, 0.3) is 0 Å². The molecule has 3 aromatic rings. The number of amides is 2. The Morgan fingerprint density at radius 3 is 2.65 bits per heavy atom. The molecule has 0 unspecified atom stereocenters. The number of nitrogens with one attached hydrogen (secondary N) is 1. The van der Waals surface area contributed by atoms with Crippen molar-refractivity contribution in [1.29, 1.82) is 0 Å². The zero-order chi connectivity index (χ0) is 21.8. The molecular formula is C26H26N2O2S. The van der Waals surface area contributed by atoms with Crippen molar-refractivity contribution in [2.75, 3.05) is 16.0 Å². The average Bonchev–Trinajstić information content (AvgIpc) is 3.16. The first-order valence-corrected chi connectivity index (χ1v) is 11.6. The summed E-state index contributed by atoms with van der Waals surface area (Å²) in [6.07, 6.45) is 1.96. The van der Waals surface area contributed by atoms with Crippen molar-refractivity contribution in [3.63, 3.8) is 0 Å². The lowest BCUT2D eigenvalue weighted by atomic mass is 10.1. The number of para-hydroxylation sites is 1. The second-order valence-corrected chi connectivity index (χ2v) is 8.77. The molecule has 2 amide bonds. The fraction of sp³-hybridized carbons (Fsp3) is 0.231. The van der Waals surface area contributed by atoms with Gasteiger partial charge in [-0.05, 0) is 54.3 Å². The predicted molar refractivity (Wildman–Crippen MR) is 129 cm³/mol. The number of nitrogens with zero attached hydrogens (tertiary/aromatic N) is 1. The molecule has 1 heterocycles. The van der Waals surface area contributed by atoms with E-state index in [1.807, 2.05) is 78.6 Å². The Kier molecular flexibility index (Phi) is 6.42. The lowest BCUT2D eigenvalue weighted by Crippen LogP contribution is -2.28. The first-order chi connectivity index (χ1) is 15.1. The first-order valence-electron chi connectivity index (χ1n) is 10.6. The minimum atomic E-state index is -0.129. The minimum Gasteiger partial charge on any atom is -0.322 e. The molecule has 4 nitrogen and oxygen atoms in total. The third kappa shape index (κ3) is 4.52. The van der Waals surface area contributed by atoms with Gasteiger partial charge in [0.2, 0.25) is 5.91 Å². The van der Waals surface area contributed by atoms with E-state index in [-0.39, 0.29) is 17.2 Å². The summed E-state index contributed by atoms with van der Waals surface area (Å²) in [5, 5.41) is 2.90. The van der Waals surface area contributed by atoms with Crippen LogP contribution in [0.15, 0.2) is 72.8 Å². The Bertz CT molecular complexity index is 1110. The molecule has 1 aliphatic rings. The van der Waals surface area contributed by atoms with E-state index in [1.54, 1.807) is 11.8 Å². The van der Waals surface area contributed by atoms with Gasteiger partial charge in [-0.15, -0.1) is 11.8 Å². The van der Waals surface area contributed by atoms with Crippen molar-refractivity contribution in [2.24, 2.45) is 0 Å². The molecule has 1 aliphatic heterocycles. The van der Waals surface area contributed by atoms with E-state index in [0.29, 0.717) is 11.3 Å². The summed E-state index contributed by atoms with van der Waals surface area (Å²) in [6, 6.07) is 23.5. The summed E-state index contributed by atoms with van der Waals surface area (Å²) in [7, 11) is 0. The standard InChI is InChI=1S/C26H26N2O2S/c1-3-9-19-11-5-7-15-23(19)28-24(29)17-31-26(28)20-12-8-13-21(16-20)27-25(30)22-14-6-4-10-18(22)2/h4-8,10-16,26H,3,9,17H2,1-2H3,(H,27,30)/t26-/m0/s1. The van der Waals surface area contributed by atoms with Gasteiger partial charge in [0, 0.05) is 16.9 Å². The number of carbonyl (C=O) groups is 2. The minimum absolute atomic E-state index is 0.110. The number of thioether (sulfide) groups is 1. The summed E-state index contributed by atoms with van der Waals surface area (Å²) in [5.74, 6) is 0.439. The molecule has 0 saturated carbocycles. The predicted octanol–water partition coefficient (Wildman–Crippen LogP) is 5.98. The van der Waals surface area contributed by atoms with E-state index >= 15 is 0 Å². The summed E-state index contributed by atoms with van der Waals surface area (Å²) in [5.41, 5.74) is 5.51. The van der Waals surface area contributed by atoms with Gasteiger partial charge in [0.05, 0.1) is 5.75 Å². The third-order valence-corrected chi connectivity index (χ3v) is 6.67. The Morgan fingerprint density at radius 2 is 1.84 bits per heavy atom. The van der Waals surface area contributed by atoms with Crippen LogP contribution in [-0.4, -0.2) is 17.6 Å². The molecule has 1 N–H and O–H groups in total. The van der Waals surface area contributed by atoms with Crippen LogP contribution in [0.5, 0.6) is 0 Å². The summed E-state index contributed by atoms with van der Waals surface area (Å²) >= 11 is 1.62. The molecule has 0 aliphatic carbocycles. The maximum atomic E-state index is 12.8. The van der Waals surface area contributed by atoms with E-state index in [4.69, 9.17) is 0 Å². The fourth-order valence-corrected chi connectivity index (χ4v) is 5.11. The van der Waals surface area contributed by atoms with Crippen LogP contribution < -0.4 is 10.2 Å². The molecule has 1 atom stereocenters. The third-order valence-electron chi connectivity index (χ3n) is 5.46. The van der Waals surface area contributed by atoms with Crippen LogP contribution in [-0.2, 0) is 11.2 Å². The Morgan fingerprint density at radius 1 is 1.06 bits per heavy atom. The molecule has 0 aromatic heterocycles. The van der Waals surface area contributed by atoms with Gasteiger partial charge in [0.1, 0.15) is 5.37 Å². The number of carbonyl (C=O) groups excluding carboxylic acids is 2. The Labute approximate surface area is 187 Å². The summed E-state index contributed by atoms with van der Waals surface area (Å²) < 4.78 is 0. The average molecular weight is 431 g/mol. The van der Waals surface area contributed by atoms with Crippen LogP contribution >= 0.6 is 11.8 Å². The second kappa shape index (κ2) is 9.40. The number of hydrogen-bond donors (Lipinski definition) is 1. The molecule has 0 radical (unpaired) electrons. The summed E-state index contributed by atoms with van der Waals surface area (Å²) in [4.78, 5) is 27.5. The van der Waals surface area contributed by atoms with Crippen molar-refractivity contribution >= 4 is 35.0 Å². The first kappa shape index (κ1) is 21.2. The van der Waals surface area contributed by atoms with E-state index < -0.39 is 0 Å². The van der Waals surface area contributed by atoms with E-state index in [2.05, 4.69) is 18.3 Å².